The minimum absolute atomic E-state index is 0.0598. The quantitative estimate of drug-likeness (QED) is 0.798. The van der Waals surface area contributed by atoms with Gasteiger partial charge in [-0.2, -0.15) is 0 Å². The molecular weight excluding hydrogens is 350 g/mol. The number of amides is 1. The predicted octanol–water partition coefficient (Wildman–Crippen LogP) is 3.32. The Morgan fingerprint density at radius 2 is 1.32 bits per heavy atom. The molecule has 2 heterocycles. The number of hydrogen-bond donors (Lipinski definition) is 0. The number of benzene rings is 2. The van der Waals surface area contributed by atoms with Crippen LogP contribution >= 0.6 is 0 Å². The average molecular weight is 380 g/mol. The van der Waals surface area contributed by atoms with E-state index in [1.807, 2.05) is 36.1 Å². The summed E-state index contributed by atoms with van der Waals surface area (Å²) in [6, 6.07) is 16.7. The molecule has 28 heavy (non-hydrogen) atoms. The summed E-state index contributed by atoms with van der Waals surface area (Å²) in [6.07, 6.45) is 2.59. The number of piperazine rings is 1. The van der Waals surface area contributed by atoms with E-state index in [1.165, 1.54) is 42.9 Å². The lowest BCUT2D eigenvalue weighted by molar-refractivity contribution is -0.133. The number of anilines is 2. The second kappa shape index (κ2) is 8.55. The van der Waals surface area contributed by atoms with Gasteiger partial charge in [-0.1, -0.05) is 17.7 Å². The largest absolute Gasteiger partial charge is 0.484 e. The van der Waals surface area contributed by atoms with Gasteiger partial charge in [-0.15, -0.1) is 0 Å². The predicted molar refractivity (Wildman–Crippen MR) is 113 cm³/mol. The molecule has 2 fully saturated rings. The summed E-state index contributed by atoms with van der Waals surface area (Å²) in [5, 5.41) is 0. The second-order valence-electron chi connectivity index (χ2n) is 7.68. The number of hydrogen-bond acceptors (Lipinski definition) is 4. The van der Waals surface area contributed by atoms with Crippen molar-refractivity contribution < 1.29 is 9.53 Å². The fraction of sp³-hybridized carbons (Fsp3) is 0.435. The van der Waals surface area contributed by atoms with Crippen molar-refractivity contribution in [3.8, 4) is 5.75 Å². The second-order valence-corrected chi connectivity index (χ2v) is 7.68. The molecule has 2 aliphatic heterocycles. The summed E-state index contributed by atoms with van der Waals surface area (Å²) >= 11 is 0. The number of nitrogens with zero attached hydrogens (tertiary/aromatic N) is 3. The van der Waals surface area contributed by atoms with E-state index in [2.05, 4.69) is 34.1 Å². The fourth-order valence-corrected chi connectivity index (χ4v) is 3.93. The van der Waals surface area contributed by atoms with Crippen LogP contribution in [0.3, 0.4) is 0 Å². The highest BCUT2D eigenvalue weighted by molar-refractivity contribution is 5.78. The molecule has 0 radical (unpaired) electrons. The maximum absolute atomic E-state index is 12.5. The van der Waals surface area contributed by atoms with Crippen molar-refractivity contribution in [1.29, 1.82) is 0 Å². The van der Waals surface area contributed by atoms with Crippen molar-refractivity contribution in [1.82, 2.24) is 4.90 Å². The number of rotatable bonds is 5. The van der Waals surface area contributed by atoms with Crippen LogP contribution in [-0.2, 0) is 4.79 Å². The van der Waals surface area contributed by atoms with Crippen LogP contribution in [0, 0.1) is 6.92 Å². The van der Waals surface area contributed by atoms with Crippen LogP contribution in [0.2, 0.25) is 0 Å². The zero-order valence-corrected chi connectivity index (χ0v) is 16.6. The van der Waals surface area contributed by atoms with Gasteiger partial charge in [0.25, 0.3) is 5.91 Å². The van der Waals surface area contributed by atoms with Gasteiger partial charge in [0.15, 0.2) is 6.61 Å². The highest BCUT2D eigenvalue weighted by Gasteiger charge is 2.22. The molecule has 4 rings (SSSR count). The molecule has 2 aliphatic rings. The lowest BCUT2D eigenvalue weighted by atomic mass is 10.2. The molecule has 0 aromatic heterocycles. The fourth-order valence-electron chi connectivity index (χ4n) is 3.93. The molecule has 5 heteroatoms. The zero-order valence-electron chi connectivity index (χ0n) is 16.6. The number of carbonyl (C=O) groups excluding carboxylic acids is 1. The highest BCUT2D eigenvalue weighted by Crippen LogP contribution is 2.24. The molecule has 2 aromatic rings. The van der Waals surface area contributed by atoms with E-state index in [4.69, 9.17) is 4.74 Å². The van der Waals surface area contributed by atoms with Gasteiger partial charge in [0.2, 0.25) is 0 Å². The molecule has 2 aromatic carbocycles. The van der Waals surface area contributed by atoms with Gasteiger partial charge < -0.3 is 19.4 Å². The smallest absolute Gasteiger partial charge is 0.260 e. The standard InChI is InChI=1S/C23H29N3O2/c1-19-4-10-22(11-5-19)28-18-23(27)26-16-14-25(15-17-26)21-8-6-20(7-9-21)24-12-2-3-13-24/h4-11H,2-3,12-18H2,1H3. The molecule has 0 spiro atoms. The van der Waals surface area contributed by atoms with Crippen LogP contribution in [0.4, 0.5) is 11.4 Å². The lowest BCUT2D eigenvalue weighted by Crippen LogP contribution is -2.50. The third-order valence-corrected chi connectivity index (χ3v) is 5.70. The van der Waals surface area contributed by atoms with Gasteiger partial charge >= 0.3 is 0 Å². The van der Waals surface area contributed by atoms with Gasteiger partial charge in [-0.05, 0) is 56.2 Å². The van der Waals surface area contributed by atoms with Crippen molar-refractivity contribution in [2.75, 3.05) is 55.7 Å². The first-order valence-corrected chi connectivity index (χ1v) is 10.3. The summed E-state index contributed by atoms with van der Waals surface area (Å²) in [4.78, 5) is 19.2. The molecule has 0 atom stereocenters. The zero-order chi connectivity index (χ0) is 19.3. The summed E-state index contributed by atoms with van der Waals surface area (Å²) in [6.45, 7) is 7.68. The lowest BCUT2D eigenvalue weighted by Gasteiger charge is -2.36. The molecular formula is C23H29N3O2. The molecule has 0 saturated carbocycles. The van der Waals surface area contributed by atoms with Gasteiger partial charge in [0, 0.05) is 50.6 Å². The van der Waals surface area contributed by atoms with Crippen molar-refractivity contribution in [2.24, 2.45) is 0 Å². The van der Waals surface area contributed by atoms with E-state index >= 15 is 0 Å². The normalized spacial score (nSPS) is 17.1. The third kappa shape index (κ3) is 4.41. The highest BCUT2D eigenvalue weighted by atomic mass is 16.5. The van der Waals surface area contributed by atoms with Crippen molar-refractivity contribution in [2.45, 2.75) is 19.8 Å². The molecule has 0 unspecified atom stereocenters. The van der Waals surface area contributed by atoms with E-state index in [-0.39, 0.29) is 12.5 Å². The Bertz CT molecular complexity index is 774. The van der Waals surface area contributed by atoms with Crippen molar-refractivity contribution in [3.05, 3.63) is 54.1 Å². The average Bonchev–Trinajstić information content (AvgIpc) is 3.28. The number of carbonyl (C=O) groups is 1. The molecule has 148 valence electrons. The molecule has 0 aliphatic carbocycles. The minimum Gasteiger partial charge on any atom is -0.484 e. The molecule has 5 nitrogen and oxygen atoms in total. The molecule has 0 N–H and O–H groups in total. The molecule has 0 bridgehead atoms. The topological polar surface area (TPSA) is 36.0 Å². The van der Waals surface area contributed by atoms with E-state index in [9.17, 15) is 4.79 Å². The van der Waals surface area contributed by atoms with Crippen molar-refractivity contribution in [3.63, 3.8) is 0 Å². The van der Waals surface area contributed by atoms with Crippen LogP contribution in [0.15, 0.2) is 48.5 Å². The van der Waals surface area contributed by atoms with Gasteiger partial charge in [-0.25, -0.2) is 0 Å². The first kappa shape index (κ1) is 18.7. The molecule has 1 amide bonds. The Morgan fingerprint density at radius 1 is 0.786 bits per heavy atom. The Balaban J connectivity index is 1.25. The van der Waals surface area contributed by atoms with E-state index < -0.39 is 0 Å². The summed E-state index contributed by atoms with van der Waals surface area (Å²) in [5.74, 6) is 0.806. The Kier molecular flexibility index (Phi) is 5.70. The number of ether oxygens (including phenoxy) is 1. The van der Waals surface area contributed by atoms with Gasteiger partial charge in [0.1, 0.15) is 5.75 Å². The van der Waals surface area contributed by atoms with Gasteiger partial charge in [0.05, 0.1) is 0 Å². The Hall–Kier alpha value is -2.69. The first-order chi connectivity index (χ1) is 13.7. The Morgan fingerprint density at radius 3 is 1.89 bits per heavy atom. The van der Waals surface area contributed by atoms with Crippen LogP contribution in [0.25, 0.3) is 0 Å². The monoisotopic (exact) mass is 379 g/mol. The SMILES string of the molecule is Cc1ccc(OCC(=O)N2CCN(c3ccc(N4CCCC4)cc3)CC2)cc1. The molecule has 2 saturated heterocycles. The summed E-state index contributed by atoms with van der Waals surface area (Å²) in [7, 11) is 0. The Labute approximate surface area is 167 Å². The van der Waals surface area contributed by atoms with Crippen LogP contribution < -0.4 is 14.5 Å². The maximum Gasteiger partial charge on any atom is 0.260 e. The minimum atomic E-state index is 0.0598. The maximum atomic E-state index is 12.5. The van der Waals surface area contributed by atoms with E-state index in [0.29, 0.717) is 0 Å². The van der Waals surface area contributed by atoms with Crippen molar-refractivity contribution >= 4 is 17.3 Å². The number of aryl methyl sites for hydroxylation is 1. The summed E-state index contributed by atoms with van der Waals surface area (Å²) < 4.78 is 5.64. The van der Waals surface area contributed by atoms with Crippen LogP contribution in [-0.4, -0.2) is 56.7 Å². The van der Waals surface area contributed by atoms with Crippen LogP contribution in [0.5, 0.6) is 5.75 Å². The van der Waals surface area contributed by atoms with E-state index in [0.717, 1.165) is 31.9 Å². The first-order valence-electron chi connectivity index (χ1n) is 10.3. The summed E-state index contributed by atoms with van der Waals surface area (Å²) in [5.41, 5.74) is 3.75. The van der Waals surface area contributed by atoms with E-state index in [1.54, 1.807) is 0 Å². The van der Waals surface area contributed by atoms with Gasteiger partial charge in [-0.3, -0.25) is 4.79 Å². The third-order valence-electron chi connectivity index (χ3n) is 5.70. The van der Waals surface area contributed by atoms with Crippen LogP contribution in [0.1, 0.15) is 18.4 Å².